The minimum Gasteiger partial charge on any atom is -0.469 e. The maximum absolute atomic E-state index is 11.5. The lowest BCUT2D eigenvalue weighted by molar-refractivity contribution is -0.163. The molecule has 5 nitrogen and oxygen atoms in total. The summed E-state index contributed by atoms with van der Waals surface area (Å²) >= 11 is 0. The Morgan fingerprint density at radius 1 is 1.38 bits per heavy atom. The van der Waals surface area contributed by atoms with Crippen LogP contribution in [0.5, 0.6) is 0 Å². The fourth-order valence-electron chi connectivity index (χ4n) is 1.01. The second-order valence-electron chi connectivity index (χ2n) is 4.19. The lowest BCUT2D eigenvalue weighted by Crippen LogP contribution is -2.30. The zero-order valence-electron chi connectivity index (χ0n) is 10.3. The van der Waals surface area contributed by atoms with Crippen LogP contribution >= 0.6 is 0 Å². The molecular formula is C11H20O5. The highest BCUT2D eigenvalue weighted by Crippen LogP contribution is 2.16. The summed E-state index contributed by atoms with van der Waals surface area (Å²) in [6, 6.07) is 0. The van der Waals surface area contributed by atoms with Crippen molar-refractivity contribution in [2.45, 2.75) is 39.2 Å². The first kappa shape index (κ1) is 14.9. The molecule has 0 bridgehead atoms. The van der Waals surface area contributed by atoms with Crippen molar-refractivity contribution in [3.63, 3.8) is 0 Å². The molecule has 5 heteroatoms. The Morgan fingerprint density at radius 2 is 1.94 bits per heavy atom. The maximum atomic E-state index is 11.5. The highest BCUT2D eigenvalue weighted by Gasteiger charge is 2.26. The molecule has 0 heterocycles. The summed E-state index contributed by atoms with van der Waals surface area (Å²) in [6.45, 7) is 5.05. The molecule has 1 N–H and O–H groups in total. The van der Waals surface area contributed by atoms with Crippen LogP contribution in [0.4, 0.5) is 0 Å². The van der Waals surface area contributed by atoms with E-state index < -0.39 is 30.1 Å². The van der Waals surface area contributed by atoms with Gasteiger partial charge < -0.3 is 14.6 Å². The molecule has 0 aliphatic carbocycles. The van der Waals surface area contributed by atoms with Gasteiger partial charge in [-0.1, -0.05) is 6.92 Å². The minimum absolute atomic E-state index is 0.160. The molecule has 0 aromatic carbocycles. The zero-order chi connectivity index (χ0) is 12.8. The summed E-state index contributed by atoms with van der Waals surface area (Å²) < 4.78 is 9.61. The summed E-state index contributed by atoms with van der Waals surface area (Å²) in [4.78, 5) is 22.6. The fourth-order valence-corrected chi connectivity index (χ4v) is 1.01. The van der Waals surface area contributed by atoms with Gasteiger partial charge in [-0.3, -0.25) is 9.59 Å². The van der Waals surface area contributed by atoms with E-state index in [1.807, 2.05) is 6.92 Å². The molecule has 0 aliphatic heterocycles. The summed E-state index contributed by atoms with van der Waals surface area (Å²) in [5, 5.41) is 8.92. The van der Waals surface area contributed by atoms with Crippen LogP contribution in [0.2, 0.25) is 0 Å². The van der Waals surface area contributed by atoms with Crippen LogP contribution in [0.3, 0.4) is 0 Å². The first-order chi connectivity index (χ1) is 7.36. The molecule has 1 atom stereocenters. The van der Waals surface area contributed by atoms with E-state index >= 15 is 0 Å². The maximum Gasteiger partial charge on any atom is 0.311 e. The predicted octanol–water partition coefficient (Wildman–Crippen LogP) is 0.890. The van der Waals surface area contributed by atoms with E-state index in [0.717, 1.165) is 0 Å². The Balaban J connectivity index is 4.27. The average molecular weight is 232 g/mol. The summed E-state index contributed by atoms with van der Waals surface area (Å²) in [7, 11) is 1.21. The molecule has 0 amide bonds. The molecule has 1 unspecified atom stereocenters. The van der Waals surface area contributed by atoms with Crippen LogP contribution in [0, 0.1) is 5.92 Å². The van der Waals surface area contributed by atoms with Crippen molar-refractivity contribution in [1.29, 1.82) is 0 Å². The molecule has 0 aliphatic rings. The Labute approximate surface area is 95.7 Å². The van der Waals surface area contributed by atoms with Crippen molar-refractivity contribution in [1.82, 2.24) is 0 Å². The number of carbonyl (C=O) groups excluding carboxylic acids is 2. The highest BCUT2D eigenvalue weighted by atomic mass is 16.6. The van der Waals surface area contributed by atoms with Crippen molar-refractivity contribution in [3.8, 4) is 0 Å². The van der Waals surface area contributed by atoms with E-state index in [1.165, 1.54) is 7.11 Å². The molecule has 0 fully saturated rings. The van der Waals surface area contributed by atoms with Crippen LogP contribution < -0.4 is 0 Å². The summed E-state index contributed by atoms with van der Waals surface area (Å²) in [5.74, 6) is -1.95. The van der Waals surface area contributed by atoms with Gasteiger partial charge >= 0.3 is 11.9 Å². The molecule has 0 aromatic heterocycles. The predicted molar refractivity (Wildman–Crippen MR) is 57.7 cm³/mol. The smallest absolute Gasteiger partial charge is 0.311 e. The molecule has 0 rings (SSSR count). The van der Waals surface area contributed by atoms with Crippen LogP contribution in [-0.2, 0) is 19.1 Å². The number of carbonyl (C=O) groups is 2. The van der Waals surface area contributed by atoms with Crippen LogP contribution in [-0.4, -0.2) is 36.4 Å². The van der Waals surface area contributed by atoms with Gasteiger partial charge in [0.2, 0.25) is 0 Å². The van der Waals surface area contributed by atoms with Gasteiger partial charge in [-0.25, -0.2) is 0 Å². The number of aliphatic hydroxyl groups excluding tert-OH is 1. The average Bonchev–Trinajstić information content (AvgIpc) is 2.24. The standard InChI is InChI=1S/C11H20O5/c1-5-11(2,3)16-9(13)6-8(7-12)10(14)15-4/h8,12H,5-7H2,1-4H3. The zero-order valence-corrected chi connectivity index (χ0v) is 10.3. The van der Waals surface area contributed by atoms with Crippen molar-refractivity contribution in [2.75, 3.05) is 13.7 Å². The van der Waals surface area contributed by atoms with E-state index in [4.69, 9.17) is 9.84 Å². The molecule has 0 saturated carbocycles. The molecular weight excluding hydrogens is 212 g/mol. The van der Waals surface area contributed by atoms with E-state index in [1.54, 1.807) is 13.8 Å². The lowest BCUT2D eigenvalue weighted by Gasteiger charge is -2.24. The Morgan fingerprint density at radius 3 is 2.31 bits per heavy atom. The van der Waals surface area contributed by atoms with Crippen LogP contribution in [0.15, 0.2) is 0 Å². The third-order valence-corrected chi connectivity index (χ3v) is 2.41. The van der Waals surface area contributed by atoms with E-state index in [0.29, 0.717) is 6.42 Å². The van der Waals surface area contributed by atoms with Crippen molar-refractivity contribution >= 4 is 11.9 Å². The first-order valence-corrected chi connectivity index (χ1v) is 5.26. The molecule has 0 radical (unpaired) electrons. The van der Waals surface area contributed by atoms with Gasteiger partial charge in [0.05, 0.1) is 26.1 Å². The topological polar surface area (TPSA) is 72.8 Å². The van der Waals surface area contributed by atoms with E-state index in [9.17, 15) is 9.59 Å². The van der Waals surface area contributed by atoms with Crippen LogP contribution in [0.25, 0.3) is 0 Å². The number of aliphatic hydroxyl groups is 1. The largest absolute Gasteiger partial charge is 0.469 e. The van der Waals surface area contributed by atoms with Gasteiger partial charge in [-0.05, 0) is 20.3 Å². The first-order valence-electron chi connectivity index (χ1n) is 5.26. The van der Waals surface area contributed by atoms with Crippen LogP contribution in [0.1, 0.15) is 33.6 Å². The second kappa shape index (κ2) is 6.48. The monoisotopic (exact) mass is 232 g/mol. The van der Waals surface area contributed by atoms with Gasteiger partial charge in [0.25, 0.3) is 0 Å². The fraction of sp³-hybridized carbons (Fsp3) is 0.818. The molecule has 0 spiro atoms. The Kier molecular flexibility index (Phi) is 6.03. The van der Waals surface area contributed by atoms with E-state index in [2.05, 4.69) is 4.74 Å². The lowest BCUT2D eigenvalue weighted by atomic mass is 10.1. The summed E-state index contributed by atoms with van der Waals surface area (Å²) in [6.07, 6.45) is 0.521. The van der Waals surface area contributed by atoms with Crippen molar-refractivity contribution < 1.29 is 24.2 Å². The van der Waals surface area contributed by atoms with Gasteiger partial charge in [-0.2, -0.15) is 0 Å². The third-order valence-electron chi connectivity index (χ3n) is 2.41. The van der Waals surface area contributed by atoms with Gasteiger partial charge in [0, 0.05) is 0 Å². The molecule has 94 valence electrons. The Bertz CT molecular complexity index is 247. The van der Waals surface area contributed by atoms with Gasteiger partial charge in [0.15, 0.2) is 0 Å². The van der Waals surface area contributed by atoms with Gasteiger partial charge in [0.1, 0.15) is 5.60 Å². The SMILES string of the molecule is CCC(C)(C)OC(=O)CC(CO)C(=O)OC. The quantitative estimate of drug-likeness (QED) is 0.688. The number of hydrogen-bond donors (Lipinski definition) is 1. The van der Waals surface area contributed by atoms with Crippen molar-refractivity contribution in [2.24, 2.45) is 5.92 Å². The number of rotatable bonds is 6. The minimum atomic E-state index is -0.842. The second-order valence-corrected chi connectivity index (χ2v) is 4.19. The molecule has 0 saturated heterocycles. The third kappa shape index (κ3) is 5.11. The number of methoxy groups -OCH3 is 1. The van der Waals surface area contributed by atoms with Gasteiger partial charge in [-0.15, -0.1) is 0 Å². The normalized spacial score (nSPS) is 13.1. The Hall–Kier alpha value is -1.10. The van der Waals surface area contributed by atoms with E-state index in [-0.39, 0.29) is 6.42 Å². The highest BCUT2D eigenvalue weighted by molar-refractivity contribution is 5.80. The number of hydrogen-bond acceptors (Lipinski definition) is 5. The summed E-state index contributed by atoms with van der Waals surface area (Å²) in [5.41, 5.74) is -0.548. The molecule has 16 heavy (non-hydrogen) atoms. The number of esters is 2. The molecule has 0 aromatic rings. The van der Waals surface area contributed by atoms with Crippen molar-refractivity contribution in [3.05, 3.63) is 0 Å². The number of ether oxygens (including phenoxy) is 2.